The monoisotopic (exact) mass is 400 g/mol. The maximum atomic E-state index is 12.1. The first kappa shape index (κ1) is 18.9. The molecule has 3 rings (SSSR count). The molecular weight excluding hydrogens is 384 g/mol. The number of nitrogens with one attached hydrogen (secondary N) is 1. The molecule has 0 aliphatic carbocycles. The number of carbonyl (C=O) groups excluding carboxylic acids is 1. The quantitative estimate of drug-likeness (QED) is 0.483. The van der Waals surface area contributed by atoms with Crippen molar-refractivity contribution in [1.82, 2.24) is 10.4 Å². The van der Waals surface area contributed by atoms with Crippen LogP contribution in [0.1, 0.15) is 26.5 Å². The summed E-state index contributed by atoms with van der Waals surface area (Å²) in [4.78, 5) is 16.6. The number of carbonyl (C=O) groups is 1. The number of thiazole rings is 1. The molecule has 0 radical (unpaired) electrons. The van der Waals surface area contributed by atoms with E-state index >= 15 is 0 Å². The van der Waals surface area contributed by atoms with Gasteiger partial charge in [0, 0.05) is 10.6 Å². The molecule has 3 N–H and O–H groups in total. The molecule has 0 bridgehead atoms. The third-order valence-corrected chi connectivity index (χ3v) is 4.81. The predicted molar refractivity (Wildman–Crippen MR) is 109 cm³/mol. The first-order valence-corrected chi connectivity index (χ1v) is 9.25. The van der Waals surface area contributed by atoms with Gasteiger partial charge in [0.2, 0.25) is 0 Å². The molecule has 0 saturated carbocycles. The molecule has 0 unspecified atom stereocenters. The van der Waals surface area contributed by atoms with Gasteiger partial charge in [-0.05, 0) is 36.8 Å². The lowest BCUT2D eigenvalue weighted by atomic mass is 10.2. The molecule has 3 aromatic rings. The number of nitrogens with two attached hydrogens (primary N) is 1. The Hall–Kier alpha value is -2.90. The minimum absolute atomic E-state index is 0.349. The zero-order valence-corrected chi connectivity index (χ0v) is 16.1. The Kier molecular flexibility index (Phi) is 6.05. The van der Waals surface area contributed by atoms with Crippen molar-refractivity contribution in [2.45, 2.75) is 13.5 Å². The number of nitrogens with zero attached hydrogens (tertiary/aromatic N) is 2. The molecule has 138 valence electrons. The summed E-state index contributed by atoms with van der Waals surface area (Å²) in [5, 5.41) is 5.02. The summed E-state index contributed by atoms with van der Waals surface area (Å²) in [6.07, 6.45) is 1.53. The molecule has 0 aliphatic heterocycles. The van der Waals surface area contributed by atoms with Crippen molar-refractivity contribution in [1.29, 1.82) is 0 Å². The van der Waals surface area contributed by atoms with Gasteiger partial charge in [0.25, 0.3) is 5.91 Å². The highest BCUT2D eigenvalue weighted by Crippen LogP contribution is 2.20. The number of hydrogen-bond donors (Lipinski definition) is 2. The largest absolute Gasteiger partial charge is 0.488 e. The molecule has 0 fully saturated rings. The summed E-state index contributed by atoms with van der Waals surface area (Å²) in [7, 11) is 0. The second kappa shape index (κ2) is 8.66. The third kappa shape index (κ3) is 5.06. The fourth-order valence-corrected chi connectivity index (χ4v) is 3.28. The number of hydrogen-bond acceptors (Lipinski definition) is 6. The van der Waals surface area contributed by atoms with E-state index in [1.807, 2.05) is 48.5 Å². The Morgan fingerprint density at radius 2 is 2.15 bits per heavy atom. The zero-order chi connectivity index (χ0) is 19.2. The van der Waals surface area contributed by atoms with Crippen molar-refractivity contribution < 1.29 is 9.53 Å². The smallest absolute Gasteiger partial charge is 0.283 e. The van der Waals surface area contributed by atoms with E-state index < -0.39 is 0 Å². The molecule has 8 heteroatoms. The van der Waals surface area contributed by atoms with E-state index in [2.05, 4.69) is 15.5 Å². The van der Waals surface area contributed by atoms with Crippen LogP contribution in [0.5, 0.6) is 5.75 Å². The minimum Gasteiger partial charge on any atom is -0.488 e. The van der Waals surface area contributed by atoms with Gasteiger partial charge in [-0.15, -0.1) is 0 Å². The zero-order valence-electron chi connectivity index (χ0n) is 14.5. The first-order chi connectivity index (χ1) is 13.0. The van der Waals surface area contributed by atoms with E-state index in [9.17, 15) is 4.79 Å². The van der Waals surface area contributed by atoms with E-state index in [1.165, 1.54) is 6.21 Å². The number of hydrazone groups is 1. The van der Waals surface area contributed by atoms with Crippen LogP contribution in [0.25, 0.3) is 0 Å². The predicted octanol–water partition coefficient (Wildman–Crippen LogP) is 4.03. The molecule has 0 atom stereocenters. The van der Waals surface area contributed by atoms with Gasteiger partial charge in [-0.1, -0.05) is 47.2 Å². The lowest BCUT2D eigenvalue weighted by Crippen LogP contribution is -2.17. The lowest BCUT2D eigenvalue weighted by molar-refractivity contribution is 0.0958. The summed E-state index contributed by atoms with van der Waals surface area (Å²) in [5.41, 5.74) is 10.4. The minimum atomic E-state index is -0.352. The van der Waals surface area contributed by atoms with Crippen LogP contribution in [-0.2, 0) is 6.61 Å². The van der Waals surface area contributed by atoms with Gasteiger partial charge in [0.05, 0.1) is 11.9 Å². The van der Waals surface area contributed by atoms with Crippen LogP contribution in [0.15, 0.2) is 53.6 Å². The molecule has 0 spiro atoms. The first-order valence-electron chi connectivity index (χ1n) is 8.05. The van der Waals surface area contributed by atoms with Crippen molar-refractivity contribution in [3.8, 4) is 5.75 Å². The molecule has 2 aromatic carbocycles. The van der Waals surface area contributed by atoms with Gasteiger partial charge < -0.3 is 10.5 Å². The fourth-order valence-electron chi connectivity index (χ4n) is 2.35. The number of benzene rings is 2. The number of rotatable bonds is 6. The Labute approximate surface area is 165 Å². The highest BCUT2D eigenvalue weighted by Gasteiger charge is 2.13. The molecule has 1 amide bonds. The number of amides is 1. The van der Waals surface area contributed by atoms with Crippen molar-refractivity contribution in [2.75, 3.05) is 5.73 Å². The third-order valence-electron chi connectivity index (χ3n) is 3.59. The number of nitrogen functional groups attached to an aromatic ring is 1. The van der Waals surface area contributed by atoms with Crippen LogP contribution in [0.4, 0.5) is 5.13 Å². The van der Waals surface area contributed by atoms with Crippen LogP contribution >= 0.6 is 22.9 Å². The fraction of sp³-hybridized carbons (Fsp3) is 0.105. The molecule has 27 heavy (non-hydrogen) atoms. The normalized spacial score (nSPS) is 10.9. The van der Waals surface area contributed by atoms with E-state index in [4.69, 9.17) is 22.1 Å². The second-order valence-corrected chi connectivity index (χ2v) is 7.09. The van der Waals surface area contributed by atoms with Crippen LogP contribution in [0, 0.1) is 6.92 Å². The van der Waals surface area contributed by atoms with Crippen molar-refractivity contribution in [2.24, 2.45) is 5.10 Å². The number of para-hydroxylation sites is 1. The Balaban J connectivity index is 1.65. The molecule has 6 nitrogen and oxygen atoms in total. The highest BCUT2D eigenvalue weighted by molar-refractivity contribution is 7.17. The Morgan fingerprint density at radius 3 is 2.89 bits per heavy atom. The maximum Gasteiger partial charge on any atom is 0.283 e. The van der Waals surface area contributed by atoms with Crippen molar-refractivity contribution >= 4 is 40.2 Å². The summed E-state index contributed by atoms with van der Waals surface area (Å²) < 4.78 is 5.86. The van der Waals surface area contributed by atoms with Crippen LogP contribution in [-0.4, -0.2) is 17.1 Å². The summed E-state index contributed by atoms with van der Waals surface area (Å²) in [6.45, 7) is 2.10. The van der Waals surface area contributed by atoms with Crippen LogP contribution < -0.4 is 15.9 Å². The molecule has 1 aromatic heterocycles. The average Bonchev–Trinajstić information content (AvgIpc) is 2.99. The topological polar surface area (TPSA) is 89.6 Å². The van der Waals surface area contributed by atoms with Crippen LogP contribution in [0.2, 0.25) is 5.02 Å². The molecule has 0 aliphatic rings. The van der Waals surface area contributed by atoms with E-state index in [0.29, 0.717) is 33.1 Å². The average molecular weight is 401 g/mol. The van der Waals surface area contributed by atoms with E-state index in [1.54, 1.807) is 6.92 Å². The number of aryl methyl sites for hydroxylation is 1. The number of anilines is 1. The summed E-state index contributed by atoms with van der Waals surface area (Å²) in [6, 6.07) is 14.9. The number of ether oxygens (including phenoxy) is 1. The molecule has 0 saturated heterocycles. The molecular formula is C19H17ClN4O2S. The van der Waals surface area contributed by atoms with Gasteiger partial charge in [-0.25, -0.2) is 10.4 Å². The van der Waals surface area contributed by atoms with Gasteiger partial charge >= 0.3 is 0 Å². The Bertz CT molecular complexity index is 987. The standard InChI is InChI=1S/C19H17ClN4O2S/c1-12-17(27-19(21)23-12)18(25)24-22-10-14-6-2-3-8-16(14)26-11-13-5-4-7-15(20)9-13/h2-10H,11H2,1H3,(H2,21,23)(H,24,25)/b22-10+. The van der Waals surface area contributed by atoms with E-state index in [-0.39, 0.29) is 5.91 Å². The van der Waals surface area contributed by atoms with Gasteiger partial charge in [-0.2, -0.15) is 5.10 Å². The van der Waals surface area contributed by atoms with Crippen molar-refractivity contribution in [3.05, 3.63) is 75.3 Å². The van der Waals surface area contributed by atoms with Gasteiger partial charge in [0.15, 0.2) is 5.13 Å². The van der Waals surface area contributed by atoms with Gasteiger partial charge in [-0.3, -0.25) is 4.79 Å². The van der Waals surface area contributed by atoms with Crippen LogP contribution in [0.3, 0.4) is 0 Å². The lowest BCUT2D eigenvalue weighted by Gasteiger charge is -2.09. The van der Waals surface area contributed by atoms with E-state index in [0.717, 1.165) is 22.5 Å². The number of halogens is 1. The highest BCUT2D eigenvalue weighted by atomic mass is 35.5. The maximum absolute atomic E-state index is 12.1. The second-order valence-electron chi connectivity index (χ2n) is 5.62. The van der Waals surface area contributed by atoms with Gasteiger partial charge in [0.1, 0.15) is 17.2 Å². The summed E-state index contributed by atoms with van der Waals surface area (Å²) in [5.74, 6) is 0.295. The molecule has 1 heterocycles. The summed E-state index contributed by atoms with van der Waals surface area (Å²) >= 11 is 7.11. The Morgan fingerprint density at radius 1 is 1.33 bits per heavy atom. The van der Waals surface area contributed by atoms with Crippen molar-refractivity contribution in [3.63, 3.8) is 0 Å². The number of aromatic nitrogens is 1. The SMILES string of the molecule is Cc1nc(N)sc1C(=O)N/N=C/c1ccccc1OCc1cccc(Cl)c1.